The molecule has 0 unspecified atom stereocenters. The standard InChI is InChI=1S/C20H17ClF3N3O4/c21-16-9-15(20(22,23)24)10-25-18(16)27-7-5-26(6-8-27)17(29)12-31-19(30)14-3-1-13(11-28)2-4-14/h1-4,9-11H,5-8,12H2. The van der Waals surface area contributed by atoms with Gasteiger partial charge < -0.3 is 14.5 Å². The van der Waals surface area contributed by atoms with Crippen LogP contribution in [-0.2, 0) is 15.7 Å². The molecule has 164 valence electrons. The van der Waals surface area contributed by atoms with Crippen LogP contribution in [0.4, 0.5) is 19.0 Å². The minimum absolute atomic E-state index is 0.121. The van der Waals surface area contributed by atoms with E-state index in [2.05, 4.69) is 4.98 Å². The van der Waals surface area contributed by atoms with Gasteiger partial charge in [-0.1, -0.05) is 23.7 Å². The quantitative estimate of drug-likeness (QED) is 0.509. The van der Waals surface area contributed by atoms with Crippen molar-refractivity contribution in [3.05, 3.63) is 58.2 Å². The topological polar surface area (TPSA) is 79.8 Å². The number of pyridine rings is 1. The smallest absolute Gasteiger partial charge is 0.417 e. The second-order valence-electron chi connectivity index (χ2n) is 6.71. The molecule has 1 aromatic carbocycles. The highest BCUT2D eigenvalue weighted by Gasteiger charge is 2.32. The molecule has 0 radical (unpaired) electrons. The Balaban J connectivity index is 1.51. The van der Waals surface area contributed by atoms with Gasteiger partial charge in [0.15, 0.2) is 6.61 Å². The first-order valence-corrected chi connectivity index (χ1v) is 9.54. The zero-order valence-corrected chi connectivity index (χ0v) is 16.8. The van der Waals surface area contributed by atoms with E-state index in [4.69, 9.17) is 16.3 Å². The van der Waals surface area contributed by atoms with Crippen molar-refractivity contribution in [2.75, 3.05) is 37.7 Å². The van der Waals surface area contributed by atoms with Crippen LogP contribution in [0.1, 0.15) is 26.3 Å². The first kappa shape index (κ1) is 22.5. The average molecular weight is 456 g/mol. The fourth-order valence-electron chi connectivity index (χ4n) is 2.99. The highest BCUT2D eigenvalue weighted by molar-refractivity contribution is 6.33. The van der Waals surface area contributed by atoms with Crippen molar-refractivity contribution in [1.29, 1.82) is 0 Å². The van der Waals surface area contributed by atoms with Crippen LogP contribution in [0.3, 0.4) is 0 Å². The highest BCUT2D eigenvalue weighted by atomic mass is 35.5. The molecule has 1 aliphatic rings. The van der Waals surface area contributed by atoms with Crippen molar-refractivity contribution < 1.29 is 32.3 Å². The van der Waals surface area contributed by atoms with Crippen LogP contribution in [0.2, 0.25) is 5.02 Å². The summed E-state index contributed by atoms with van der Waals surface area (Å²) < 4.78 is 43.3. The molecule has 0 saturated carbocycles. The van der Waals surface area contributed by atoms with Crippen molar-refractivity contribution in [3.63, 3.8) is 0 Å². The Hall–Kier alpha value is -3.14. The predicted molar refractivity (Wildman–Crippen MR) is 105 cm³/mol. The van der Waals surface area contributed by atoms with Crippen molar-refractivity contribution >= 4 is 35.6 Å². The molecule has 0 N–H and O–H groups in total. The number of alkyl halides is 3. The molecular formula is C20H17ClF3N3O4. The third kappa shape index (κ3) is 5.52. The zero-order chi connectivity index (χ0) is 22.6. The number of amides is 1. The Bertz CT molecular complexity index is 975. The normalized spacial score (nSPS) is 14.3. The average Bonchev–Trinajstić information content (AvgIpc) is 2.76. The number of halogens is 4. The Labute approximate surface area is 180 Å². The Morgan fingerprint density at radius 1 is 1.13 bits per heavy atom. The Morgan fingerprint density at radius 2 is 1.77 bits per heavy atom. The summed E-state index contributed by atoms with van der Waals surface area (Å²) in [5.74, 6) is -0.874. The lowest BCUT2D eigenvalue weighted by Gasteiger charge is -2.35. The van der Waals surface area contributed by atoms with E-state index in [1.54, 1.807) is 4.90 Å². The predicted octanol–water partition coefficient (Wildman–Crippen LogP) is 3.07. The number of anilines is 1. The molecule has 0 atom stereocenters. The van der Waals surface area contributed by atoms with E-state index in [9.17, 15) is 27.6 Å². The van der Waals surface area contributed by atoms with E-state index in [-0.39, 0.29) is 29.5 Å². The maximum absolute atomic E-state index is 12.7. The van der Waals surface area contributed by atoms with Crippen LogP contribution in [0.5, 0.6) is 0 Å². The fraction of sp³-hybridized carbons (Fsp3) is 0.300. The molecule has 0 aliphatic carbocycles. The number of aldehydes is 1. The lowest BCUT2D eigenvalue weighted by atomic mass is 10.1. The van der Waals surface area contributed by atoms with Crippen molar-refractivity contribution in [2.24, 2.45) is 0 Å². The van der Waals surface area contributed by atoms with Crippen LogP contribution in [0.15, 0.2) is 36.5 Å². The SMILES string of the molecule is O=Cc1ccc(C(=O)OCC(=O)N2CCN(c3ncc(C(F)(F)F)cc3Cl)CC2)cc1. The molecule has 2 aromatic rings. The molecule has 7 nitrogen and oxygen atoms in total. The lowest BCUT2D eigenvalue weighted by molar-refractivity contribution is -0.138. The lowest BCUT2D eigenvalue weighted by Crippen LogP contribution is -2.50. The van der Waals surface area contributed by atoms with Gasteiger partial charge in [-0.2, -0.15) is 13.2 Å². The second-order valence-corrected chi connectivity index (χ2v) is 7.12. The summed E-state index contributed by atoms with van der Waals surface area (Å²) in [5, 5.41) is -0.121. The van der Waals surface area contributed by atoms with Crippen LogP contribution in [0, 0.1) is 0 Å². The van der Waals surface area contributed by atoms with E-state index >= 15 is 0 Å². The summed E-state index contributed by atoms with van der Waals surface area (Å²) >= 11 is 5.97. The van der Waals surface area contributed by atoms with E-state index in [1.807, 2.05) is 0 Å². The van der Waals surface area contributed by atoms with Gasteiger partial charge in [-0.15, -0.1) is 0 Å². The largest absolute Gasteiger partial charge is 0.452 e. The molecule has 1 saturated heterocycles. The number of carbonyl (C=O) groups is 3. The summed E-state index contributed by atoms with van der Waals surface area (Å²) in [6, 6.07) is 6.60. The molecule has 1 fully saturated rings. The molecule has 11 heteroatoms. The maximum Gasteiger partial charge on any atom is 0.417 e. The van der Waals surface area contributed by atoms with Crippen molar-refractivity contribution in [2.45, 2.75) is 6.18 Å². The summed E-state index contributed by atoms with van der Waals surface area (Å²) in [7, 11) is 0. The fourth-order valence-corrected chi connectivity index (χ4v) is 3.27. The number of aromatic nitrogens is 1. The van der Waals surface area contributed by atoms with Crippen LogP contribution >= 0.6 is 11.6 Å². The number of carbonyl (C=O) groups excluding carboxylic acids is 3. The van der Waals surface area contributed by atoms with E-state index in [0.717, 1.165) is 12.3 Å². The van der Waals surface area contributed by atoms with Crippen molar-refractivity contribution in [1.82, 2.24) is 9.88 Å². The minimum atomic E-state index is -4.53. The highest BCUT2D eigenvalue weighted by Crippen LogP contribution is 2.33. The Kier molecular flexibility index (Phi) is 6.79. The van der Waals surface area contributed by atoms with Gasteiger partial charge >= 0.3 is 12.1 Å². The molecular weight excluding hydrogens is 439 g/mol. The first-order chi connectivity index (χ1) is 14.7. The van der Waals surface area contributed by atoms with Crippen molar-refractivity contribution in [3.8, 4) is 0 Å². The second kappa shape index (κ2) is 9.34. The maximum atomic E-state index is 12.7. The number of piperazine rings is 1. The van der Waals surface area contributed by atoms with Gasteiger partial charge in [-0.25, -0.2) is 9.78 Å². The molecule has 0 spiro atoms. The van der Waals surface area contributed by atoms with Crippen LogP contribution < -0.4 is 4.90 Å². The summed E-state index contributed by atoms with van der Waals surface area (Å²) in [6.45, 7) is 0.705. The van der Waals surface area contributed by atoms with Gasteiger partial charge in [0.2, 0.25) is 0 Å². The molecule has 31 heavy (non-hydrogen) atoms. The van der Waals surface area contributed by atoms with Gasteiger partial charge in [0.25, 0.3) is 5.91 Å². The monoisotopic (exact) mass is 455 g/mol. The van der Waals surface area contributed by atoms with Gasteiger partial charge in [0.05, 0.1) is 16.1 Å². The van der Waals surface area contributed by atoms with Gasteiger partial charge in [-0.05, 0) is 18.2 Å². The number of esters is 1. The number of hydrogen-bond acceptors (Lipinski definition) is 6. The van der Waals surface area contributed by atoms with E-state index in [1.165, 1.54) is 29.2 Å². The van der Waals surface area contributed by atoms with Gasteiger partial charge in [0, 0.05) is 37.9 Å². The third-order valence-electron chi connectivity index (χ3n) is 4.69. The molecule has 3 rings (SSSR count). The minimum Gasteiger partial charge on any atom is -0.452 e. The number of hydrogen-bond donors (Lipinski definition) is 0. The molecule has 1 amide bonds. The van der Waals surface area contributed by atoms with Gasteiger partial charge in [-0.3, -0.25) is 9.59 Å². The third-order valence-corrected chi connectivity index (χ3v) is 4.97. The number of rotatable bonds is 5. The molecule has 2 heterocycles. The summed E-state index contributed by atoms with van der Waals surface area (Å²) in [6.07, 6.45) is -3.17. The van der Waals surface area contributed by atoms with Crippen LogP contribution in [0.25, 0.3) is 0 Å². The van der Waals surface area contributed by atoms with E-state index < -0.39 is 30.2 Å². The summed E-state index contributed by atoms with van der Waals surface area (Å²) in [5.41, 5.74) is -0.308. The first-order valence-electron chi connectivity index (χ1n) is 9.17. The Morgan fingerprint density at radius 3 is 2.32 bits per heavy atom. The number of nitrogens with zero attached hydrogens (tertiary/aromatic N) is 3. The van der Waals surface area contributed by atoms with Crippen LogP contribution in [-0.4, -0.2) is 60.8 Å². The summed E-state index contributed by atoms with van der Waals surface area (Å²) in [4.78, 5) is 42.0. The van der Waals surface area contributed by atoms with Gasteiger partial charge in [0.1, 0.15) is 12.1 Å². The zero-order valence-electron chi connectivity index (χ0n) is 16.1. The van der Waals surface area contributed by atoms with E-state index in [0.29, 0.717) is 24.9 Å². The number of benzene rings is 1. The molecule has 1 aromatic heterocycles. The molecule has 1 aliphatic heterocycles. The number of ether oxygens (including phenoxy) is 1. The molecule has 0 bridgehead atoms.